The second-order valence-electron chi connectivity index (χ2n) is 3.56. The van der Waals surface area contributed by atoms with Crippen LogP contribution in [0.5, 0.6) is 11.5 Å². The Hall–Kier alpha value is -0.930. The van der Waals surface area contributed by atoms with E-state index in [1.165, 1.54) is 19.2 Å². The molecule has 0 atom stereocenters. The van der Waals surface area contributed by atoms with E-state index < -0.39 is 5.60 Å². The van der Waals surface area contributed by atoms with Crippen molar-refractivity contribution in [1.29, 1.82) is 0 Å². The van der Waals surface area contributed by atoms with Gasteiger partial charge in [-0.25, -0.2) is 0 Å². The number of benzene rings is 1. The minimum Gasteiger partial charge on any atom is -0.504 e. The molecular weight excluding hydrogens is 204 g/mol. The van der Waals surface area contributed by atoms with Gasteiger partial charge in [-0.2, -0.15) is 0 Å². The number of aliphatic hydroxyl groups is 1. The molecule has 0 fully saturated rings. The minimum atomic E-state index is -1.08. The van der Waals surface area contributed by atoms with E-state index in [-0.39, 0.29) is 5.75 Å². The fraction of sp³-hybridized carbons (Fsp3) is 0.400. The summed E-state index contributed by atoms with van der Waals surface area (Å²) in [5.74, 6) is 0.261. The lowest BCUT2D eigenvalue weighted by Gasteiger charge is -2.20. The molecule has 1 aromatic rings. The molecule has 14 heavy (non-hydrogen) atoms. The van der Waals surface area contributed by atoms with E-state index in [2.05, 4.69) is 0 Å². The number of hydrogen-bond donors (Lipinski definition) is 2. The zero-order valence-electron chi connectivity index (χ0n) is 8.34. The molecule has 78 valence electrons. The summed E-state index contributed by atoms with van der Waals surface area (Å²) in [6.45, 7) is 3.19. The summed E-state index contributed by atoms with van der Waals surface area (Å²) < 4.78 is 4.88. The zero-order chi connectivity index (χ0) is 10.9. The molecule has 0 unspecified atom stereocenters. The van der Waals surface area contributed by atoms with Crippen molar-refractivity contribution in [1.82, 2.24) is 0 Å². The first-order chi connectivity index (χ1) is 6.36. The maximum atomic E-state index is 9.72. The highest BCUT2D eigenvalue weighted by Crippen LogP contribution is 2.36. The van der Waals surface area contributed by atoms with Gasteiger partial charge in [-0.3, -0.25) is 0 Å². The standard InChI is InChI=1S/C10H13ClO3/c1-10(2,13)6-4-8(12)9(14-3)5-7(6)11/h4-5,12-13H,1-3H3. The molecule has 0 saturated heterocycles. The Bertz CT molecular complexity index is 342. The first-order valence-electron chi connectivity index (χ1n) is 4.15. The second kappa shape index (κ2) is 3.67. The van der Waals surface area contributed by atoms with E-state index in [1.807, 2.05) is 0 Å². The molecule has 1 aromatic carbocycles. The number of methoxy groups -OCH3 is 1. The average Bonchev–Trinajstić information content (AvgIpc) is 2.06. The second-order valence-corrected chi connectivity index (χ2v) is 3.97. The van der Waals surface area contributed by atoms with Crippen LogP contribution in [0, 0.1) is 0 Å². The van der Waals surface area contributed by atoms with Gasteiger partial charge in [0.15, 0.2) is 11.5 Å². The summed E-state index contributed by atoms with van der Waals surface area (Å²) >= 11 is 5.91. The van der Waals surface area contributed by atoms with E-state index in [4.69, 9.17) is 16.3 Å². The van der Waals surface area contributed by atoms with Crippen molar-refractivity contribution in [2.75, 3.05) is 7.11 Å². The van der Waals surface area contributed by atoms with Crippen molar-refractivity contribution in [2.24, 2.45) is 0 Å². The number of aromatic hydroxyl groups is 1. The highest BCUT2D eigenvalue weighted by atomic mass is 35.5. The number of phenols is 1. The number of rotatable bonds is 2. The third kappa shape index (κ3) is 2.11. The molecule has 3 nitrogen and oxygen atoms in total. The molecule has 4 heteroatoms. The van der Waals surface area contributed by atoms with E-state index in [9.17, 15) is 10.2 Å². The summed E-state index contributed by atoms with van der Waals surface area (Å²) in [5, 5.41) is 19.6. The van der Waals surface area contributed by atoms with E-state index >= 15 is 0 Å². The molecule has 0 amide bonds. The highest BCUT2D eigenvalue weighted by molar-refractivity contribution is 6.31. The largest absolute Gasteiger partial charge is 0.504 e. The lowest BCUT2D eigenvalue weighted by atomic mass is 9.98. The van der Waals surface area contributed by atoms with Gasteiger partial charge in [0.1, 0.15) is 0 Å². The minimum absolute atomic E-state index is 0.0333. The van der Waals surface area contributed by atoms with Crippen molar-refractivity contribution < 1.29 is 14.9 Å². The van der Waals surface area contributed by atoms with Crippen molar-refractivity contribution >= 4 is 11.6 Å². The Labute approximate surface area is 87.9 Å². The van der Waals surface area contributed by atoms with Gasteiger partial charge in [0.2, 0.25) is 0 Å². The van der Waals surface area contributed by atoms with Gasteiger partial charge in [0.25, 0.3) is 0 Å². The Morgan fingerprint density at radius 3 is 2.36 bits per heavy atom. The molecule has 0 radical (unpaired) electrons. The zero-order valence-corrected chi connectivity index (χ0v) is 9.09. The maximum absolute atomic E-state index is 9.72. The lowest BCUT2D eigenvalue weighted by molar-refractivity contribution is 0.0783. The molecule has 0 saturated carbocycles. The van der Waals surface area contributed by atoms with Crippen LogP contribution in [0.15, 0.2) is 12.1 Å². The fourth-order valence-corrected chi connectivity index (χ4v) is 1.56. The Balaban J connectivity index is 3.29. The third-order valence-corrected chi connectivity index (χ3v) is 2.24. The first kappa shape index (κ1) is 11.1. The number of ether oxygens (including phenoxy) is 1. The monoisotopic (exact) mass is 216 g/mol. The average molecular weight is 217 g/mol. The van der Waals surface area contributed by atoms with Crippen LogP contribution < -0.4 is 4.74 Å². The summed E-state index contributed by atoms with van der Waals surface area (Å²) in [7, 11) is 1.44. The summed E-state index contributed by atoms with van der Waals surface area (Å²) in [6, 6.07) is 2.88. The van der Waals surface area contributed by atoms with Crippen LogP contribution in [0.1, 0.15) is 19.4 Å². The maximum Gasteiger partial charge on any atom is 0.161 e. The van der Waals surface area contributed by atoms with Crippen LogP contribution in [0.25, 0.3) is 0 Å². The summed E-state index contributed by atoms with van der Waals surface area (Å²) in [6.07, 6.45) is 0. The SMILES string of the molecule is COc1cc(Cl)c(C(C)(C)O)cc1O. The van der Waals surface area contributed by atoms with Crippen LogP contribution in [0.2, 0.25) is 5.02 Å². The van der Waals surface area contributed by atoms with Crippen molar-refractivity contribution in [3.8, 4) is 11.5 Å². The molecule has 0 aromatic heterocycles. The van der Waals surface area contributed by atoms with Gasteiger partial charge in [0.05, 0.1) is 17.7 Å². The summed E-state index contributed by atoms with van der Waals surface area (Å²) in [4.78, 5) is 0. The van der Waals surface area contributed by atoms with Crippen LogP contribution >= 0.6 is 11.6 Å². The van der Waals surface area contributed by atoms with Gasteiger partial charge in [0, 0.05) is 11.6 Å². The molecule has 0 aliphatic carbocycles. The van der Waals surface area contributed by atoms with Gasteiger partial charge in [-0.05, 0) is 19.9 Å². The normalized spacial score (nSPS) is 11.5. The number of hydrogen-bond acceptors (Lipinski definition) is 3. The van der Waals surface area contributed by atoms with E-state index in [1.54, 1.807) is 13.8 Å². The van der Waals surface area contributed by atoms with Crippen molar-refractivity contribution in [3.63, 3.8) is 0 Å². The highest BCUT2D eigenvalue weighted by Gasteiger charge is 2.21. The Morgan fingerprint density at radius 2 is 1.93 bits per heavy atom. The van der Waals surface area contributed by atoms with Gasteiger partial charge in [-0.15, -0.1) is 0 Å². The number of phenolic OH excluding ortho intramolecular Hbond substituents is 1. The van der Waals surface area contributed by atoms with Gasteiger partial charge < -0.3 is 14.9 Å². The molecular formula is C10H13ClO3. The van der Waals surface area contributed by atoms with Crippen molar-refractivity contribution in [2.45, 2.75) is 19.4 Å². The Morgan fingerprint density at radius 1 is 1.36 bits per heavy atom. The van der Waals surface area contributed by atoms with Crippen LogP contribution in [-0.4, -0.2) is 17.3 Å². The van der Waals surface area contributed by atoms with Gasteiger partial charge in [-0.1, -0.05) is 11.6 Å². The molecule has 0 aliphatic rings. The topological polar surface area (TPSA) is 49.7 Å². The van der Waals surface area contributed by atoms with E-state index in [0.29, 0.717) is 16.3 Å². The van der Waals surface area contributed by atoms with Crippen LogP contribution in [0.4, 0.5) is 0 Å². The van der Waals surface area contributed by atoms with E-state index in [0.717, 1.165) is 0 Å². The quantitative estimate of drug-likeness (QED) is 0.798. The Kier molecular flexibility index (Phi) is 2.92. The smallest absolute Gasteiger partial charge is 0.161 e. The molecule has 0 aliphatic heterocycles. The van der Waals surface area contributed by atoms with Crippen LogP contribution in [-0.2, 0) is 5.60 Å². The molecule has 0 heterocycles. The predicted octanol–water partition coefficient (Wildman–Crippen LogP) is 2.28. The lowest BCUT2D eigenvalue weighted by Crippen LogP contribution is -2.16. The number of halogens is 1. The third-order valence-electron chi connectivity index (χ3n) is 1.93. The van der Waals surface area contributed by atoms with Crippen LogP contribution in [0.3, 0.4) is 0 Å². The predicted molar refractivity (Wildman–Crippen MR) is 54.9 cm³/mol. The van der Waals surface area contributed by atoms with Crippen molar-refractivity contribution in [3.05, 3.63) is 22.7 Å². The molecule has 0 bridgehead atoms. The fourth-order valence-electron chi connectivity index (χ4n) is 1.18. The molecule has 2 N–H and O–H groups in total. The molecule has 0 spiro atoms. The molecule has 1 rings (SSSR count). The summed E-state index contributed by atoms with van der Waals surface area (Å²) in [5.41, 5.74) is -0.613. The first-order valence-corrected chi connectivity index (χ1v) is 4.53. The van der Waals surface area contributed by atoms with Gasteiger partial charge >= 0.3 is 0 Å².